The van der Waals surface area contributed by atoms with Crippen molar-refractivity contribution in [3.05, 3.63) is 59.2 Å². The molecule has 0 amide bonds. The van der Waals surface area contributed by atoms with Crippen LogP contribution < -0.4 is 9.47 Å². The summed E-state index contributed by atoms with van der Waals surface area (Å²) in [5.41, 5.74) is 3.64. The minimum Gasteiger partial charge on any atom is -0.496 e. The van der Waals surface area contributed by atoms with Crippen LogP contribution in [0.1, 0.15) is 16.7 Å². The molecule has 0 aromatic heterocycles. The van der Waals surface area contributed by atoms with Crippen molar-refractivity contribution in [3.8, 4) is 11.5 Å². The van der Waals surface area contributed by atoms with Crippen molar-refractivity contribution >= 4 is 0 Å². The highest BCUT2D eigenvalue weighted by Gasteiger charge is 2.05. The van der Waals surface area contributed by atoms with E-state index in [9.17, 15) is 0 Å². The number of hydrogen-bond acceptors (Lipinski definition) is 2. The Kier molecular flexibility index (Phi) is 4.45. The summed E-state index contributed by atoms with van der Waals surface area (Å²) in [6, 6.07) is 14.2. The third-order valence-electron chi connectivity index (χ3n) is 3.13. The minimum atomic E-state index is 0.690. The lowest BCUT2D eigenvalue weighted by molar-refractivity contribution is 0.322. The van der Waals surface area contributed by atoms with E-state index in [0.717, 1.165) is 17.9 Å². The largest absolute Gasteiger partial charge is 0.496 e. The summed E-state index contributed by atoms with van der Waals surface area (Å²) >= 11 is 0. The summed E-state index contributed by atoms with van der Waals surface area (Å²) in [6.07, 6.45) is 0.903. The van der Waals surface area contributed by atoms with Gasteiger partial charge in [0.05, 0.1) is 13.7 Å². The van der Waals surface area contributed by atoms with Gasteiger partial charge in [-0.25, -0.2) is 0 Å². The molecule has 2 heteroatoms. The Labute approximate surface area is 115 Å². The molecular formula is C17H20O2. The van der Waals surface area contributed by atoms with Crippen LogP contribution in [-0.2, 0) is 6.42 Å². The van der Waals surface area contributed by atoms with E-state index in [4.69, 9.17) is 9.47 Å². The number of para-hydroxylation sites is 1. The average molecular weight is 256 g/mol. The van der Waals surface area contributed by atoms with Crippen LogP contribution >= 0.6 is 0 Å². The highest BCUT2D eigenvalue weighted by atomic mass is 16.5. The molecule has 2 nitrogen and oxygen atoms in total. The number of benzene rings is 2. The molecule has 0 fully saturated rings. The van der Waals surface area contributed by atoms with Crippen LogP contribution in [0.3, 0.4) is 0 Å². The van der Waals surface area contributed by atoms with Crippen molar-refractivity contribution in [1.82, 2.24) is 0 Å². The molecule has 0 saturated heterocycles. The van der Waals surface area contributed by atoms with Gasteiger partial charge in [0.1, 0.15) is 11.5 Å². The molecule has 2 rings (SSSR count). The zero-order valence-electron chi connectivity index (χ0n) is 11.8. The first-order valence-electron chi connectivity index (χ1n) is 6.52. The van der Waals surface area contributed by atoms with E-state index in [1.54, 1.807) is 7.11 Å². The van der Waals surface area contributed by atoms with Crippen LogP contribution in [0.2, 0.25) is 0 Å². The highest BCUT2D eigenvalue weighted by Crippen LogP contribution is 2.24. The van der Waals surface area contributed by atoms with Gasteiger partial charge in [-0.05, 0) is 42.7 Å². The molecule has 2 aromatic rings. The standard InChI is InChI=1S/C17H20O2/c1-13-11-15(12-14(2)17(13)18-3)9-10-19-16-7-5-4-6-8-16/h4-8,11-12H,9-10H2,1-3H3. The lowest BCUT2D eigenvalue weighted by atomic mass is 10.0. The van der Waals surface area contributed by atoms with E-state index >= 15 is 0 Å². The Hall–Kier alpha value is -1.96. The van der Waals surface area contributed by atoms with Crippen molar-refractivity contribution < 1.29 is 9.47 Å². The zero-order valence-corrected chi connectivity index (χ0v) is 11.8. The maximum Gasteiger partial charge on any atom is 0.124 e. The number of methoxy groups -OCH3 is 1. The first-order valence-corrected chi connectivity index (χ1v) is 6.52. The predicted octanol–water partition coefficient (Wildman–Crippen LogP) is 3.93. The van der Waals surface area contributed by atoms with E-state index in [1.807, 2.05) is 30.3 Å². The molecule has 0 radical (unpaired) electrons. The SMILES string of the molecule is COc1c(C)cc(CCOc2ccccc2)cc1C. The van der Waals surface area contributed by atoms with Crippen LogP contribution in [0.4, 0.5) is 0 Å². The van der Waals surface area contributed by atoms with Gasteiger partial charge in [0.2, 0.25) is 0 Å². The van der Waals surface area contributed by atoms with E-state index in [-0.39, 0.29) is 0 Å². The van der Waals surface area contributed by atoms with Crippen LogP contribution in [0.15, 0.2) is 42.5 Å². The predicted molar refractivity (Wildman–Crippen MR) is 78.1 cm³/mol. The molecule has 0 unspecified atom stereocenters. The first kappa shape index (κ1) is 13.5. The third-order valence-corrected chi connectivity index (χ3v) is 3.13. The van der Waals surface area contributed by atoms with Crippen LogP contribution in [0.5, 0.6) is 11.5 Å². The van der Waals surface area contributed by atoms with Gasteiger partial charge in [-0.15, -0.1) is 0 Å². The summed E-state index contributed by atoms with van der Waals surface area (Å²) < 4.78 is 11.1. The fraction of sp³-hybridized carbons (Fsp3) is 0.294. The van der Waals surface area contributed by atoms with Crippen LogP contribution in [0.25, 0.3) is 0 Å². The molecule has 0 N–H and O–H groups in total. The molecule has 0 bridgehead atoms. The molecule has 0 aliphatic heterocycles. The van der Waals surface area contributed by atoms with Crippen LogP contribution in [-0.4, -0.2) is 13.7 Å². The quantitative estimate of drug-likeness (QED) is 0.807. The normalized spacial score (nSPS) is 10.3. The second-order valence-electron chi connectivity index (χ2n) is 4.67. The second kappa shape index (κ2) is 6.28. The van der Waals surface area contributed by atoms with Gasteiger partial charge in [-0.1, -0.05) is 30.3 Å². The third kappa shape index (κ3) is 3.50. The molecular weight excluding hydrogens is 236 g/mol. The van der Waals surface area contributed by atoms with Crippen molar-refractivity contribution in [2.45, 2.75) is 20.3 Å². The molecule has 0 heterocycles. The van der Waals surface area contributed by atoms with Gasteiger partial charge >= 0.3 is 0 Å². The summed E-state index contributed by atoms with van der Waals surface area (Å²) in [5, 5.41) is 0. The van der Waals surface area contributed by atoms with E-state index in [2.05, 4.69) is 26.0 Å². The molecule has 0 saturated carbocycles. The number of aryl methyl sites for hydroxylation is 2. The lowest BCUT2D eigenvalue weighted by Gasteiger charge is -2.12. The summed E-state index contributed by atoms with van der Waals surface area (Å²) in [5.74, 6) is 1.90. The van der Waals surface area contributed by atoms with Gasteiger partial charge in [-0.2, -0.15) is 0 Å². The van der Waals surface area contributed by atoms with E-state index < -0.39 is 0 Å². The molecule has 19 heavy (non-hydrogen) atoms. The molecule has 2 aromatic carbocycles. The van der Waals surface area contributed by atoms with Crippen molar-refractivity contribution in [2.75, 3.05) is 13.7 Å². The average Bonchev–Trinajstić information content (AvgIpc) is 2.40. The Morgan fingerprint density at radius 1 is 0.947 bits per heavy atom. The smallest absolute Gasteiger partial charge is 0.124 e. The van der Waals surface area contributed by atoms with Gasteiger partial charge in [0.15, 0.2) is 0 Å². The molecule has 0 spiro atoms. The van der Waals surface area contributed by atoms with Gasteiger partial charge in [-0.3, -0.25) is 0 Å². The summed E-state index contributed by atoms with van der Waals surface area (Å²) in [6.45, 7) is 4.84. The molecule has 0 atom stereocenters. The molecule has 0 aliphatic carbocycles. The molecule has 100 valence electrons. The van der Waals surface area contributed by atoms with E-state index in [1.165, 1.54) is 16.7 Å². The van der Waals surface area contributed by atoms with Gasteiger partial charge in [0, 0.05) is 6.42 Å². The summed E-state index contributed by atoms with van der Waals surface area (Å²) in [7, 11) is 1.72. The fourth-order valence-corrected chi connectivity index (χ4v) is 2.31. The number of hydrogen-bond donors (Lipinski definition) is 0. The maximum atomic E-state index is 5.71. The van der Waals surface area contributed by atoms with Crippen molar-refractivity contribution in [1.29, 1.82) is 0 Å². The topological polar surface area (TPSA) is 18.5 Å². The Morgan fingerprint density at radius 3 is 2.16 bits per heavy atom. The fourth-order valence-electron chi connectivity index (χ4n) is 2.31. The number of ether oxygens (including phenoxy) is 2. The Balaban J connectivity index is 1.97. The summed E-state index contributed by atoms with van der Waals surface area (Å²) in [4.78, 5) is 0. The highest BCUT2D eigenvalue weighted by molar-refractivity contribution is 5.43. The lowest BCUT2D eigenvalue weighted by Crippen LogP contribution is -2.02. The zero-order chi connectivity index (χ0) is 13.7. The van der Waals surface area contributed by atoms with Gasteiger partial charge in [0.25, 0.3) is 0 Å². The van der Waals surface area contributed by atoms with Crippen molar-refractivity contribution in [3.63, 3.8) is 0 Å². The minimum absolute atomic E-state index is 0.690. The number of rotatable bonds is 5. The van der Waals surface area contributed by atoms with E-state index in [0.29, 0.717) is 6.61 Å². The first-order chi connectivity index (χ1) is 9.20. The second-order valence-corrected chi connectivity index (χ2v) is 4.67. The van der Waals surface area contributed by atoms with Crippen LogP contribution in [0, 0.1) is 13.8 Å². The van der Waals surface area contributed by atoms with Crippen molar-refractivity contribution in [2.24, 2.45) is 0 Å². The Morgan fingerprint density at radius 2 is 1.58 bits per heavy atom. The Bertz CT molecular complexity index is 509. The molecule has 0 aliphatic rings. The van der Waals surface area contributed by atoms with Gasteiger partial charge < -0.3 is 9.47 Å². The maximum absolute atomic E-state index is 5.71. The monoisotopic (exact) mass is 256 g/mol.